The zero-order valence-electron chi connectivity index (χ0n) is 31.9. The Bertz CT molecular complexity index is 787. The van der Waals surface area contributed by atoms with E-state index < -0.39 is 43.1 Å². The molecule has 1 aliphatic heterocycles. The summed E-state index contributed by atoms with van der Waals surface area (Å²) in [6, 6.07) is -1.05. The molecule has 1 fully saturated rings. The SMILES string of the molecule is CCCCCCCCCCCCCCCCCC(=O)N(CCCCCCCCCCCCCC)[C@@H]1O[C@H](CO)[C@@H](O)[C@H](O)[C@H]1NC(=O)CN. The van der Waals surface area contributed by atoms with Crippen molar-refractivity contribution in [2.24, 2.45) is 5.73 Å². The predicted molar refractivity (Wildman–Crippen MR) is 201 cm³/mol. The number of aliphatic hydroxyl groups is 3. The summed E-state index contributed by atoms with van der Waals surface area (Å²) in [6.07, 6.45) is 28.8. The van der Waals surface area contributed by atoms with Gasteiger partial charge in [-0.1, -0.05) is 174 Å². The molecule has 290 valence electrons. The van der Waals surface area contributed by atoms with Crippen molar-refractivity contribution in [1.82, 2.24) is 10.2 Å². The van der Waals surface area contributed by atoms with Crippen LogP contribution in [-0.4, -0.2) is 82.3 Å². The van der Waals surface area contributed by atoms with Crippen molar-refractivity contribution in [3.8, 4) is 0 Å². The monoisotopic (exact) mass is 698 g/mol. The fraction of sp³-hybridized carbons (Fsp3) is 0.950. The number of amides is 2. The third-order valence-corrected chi connectivity index (χ3v) is 10.3. The van der Waals surface area contributed by atoms with E-state index in [4.69, 9.17) is 10.5 Å². The molecule has 1 rings (SSSR count). The Hall–Kier alpha value is -1.26. The molecule has 9 heteroatoms. The molecule has 1 saturated heterocycles. The number of hydrogen-bond donors (Lipinski definition) is 5. The molecule has 6 N–H and O–H groups in total. The molecule has 2 amide bonds. The quantitative estimate of drug-likeness (QED) is 0.0443. The molecule has 0 bridgehead atoms. The highest BCUT2D eigenvalue weighted by molar-refractivity contribution is 5.79. The van der Waals surface area contributed by atoms with Crippen molar-refractivity contribution >= 4 is 11.8 Å². The van der Waals surface area contributed by atoms with Crippen molar-refractivity contribution in [2.45, 2.75) is 224 Å². The van der Waals surface area contributed by atoms with Gasteiger partial charge < -0.3 is 36.0 Å². The maximum atomic E-state index is 13.7. The van der Waals surface area contributed by atoms with Gasteiger partial charge in [-0.05, 0) is 12.8 Å². The summed E-state index contributed by atoms with van der Waals surface area (Å²) < 4.78 is 6.04. The standard InChI is InChI=1S/C40H79N3O6/c1-3-5-7-9-11-13-15-17-18-19-20-22-24-26-28-30-36(46)43(31-29-27-25-23-21-16-14-12-10-8-6-4-2)40-37(42-35(45)32-41)39(48)38(47)34(33-44)49-40/h34,37-40,44,47-48H,3-33,41H2,1-2H3,(H,42,45)/t34-,37-,38-,39-,40-/m1/s1. The lowest BCUT2D eigenvalue weighted by Crippen LogP contribution is -2.69. The molecular weight excluding hydrogens is 618 g/mol. The fourth-order valence-corrected chi connectivity index (χ4v) is 7.07. The van der Waals surface area contributed by atoms with Crippen LogP contribution in [0.25, 0.3) is 0 Å². The predicted octanol–water partition coefficient (Wildman–Crippen LogP) is 7.66. The molecule has 0 aromatic rings. The Morgan fingerprint density at radius 1 is 0.612 bits per heavy atom. The average Bonchev–Trinajstić information content (AvgIpc) is 3.10. The summed E-state index contributed by atoms with van der Waals surface area (Å²) in [6.45, 7) is 4.14. The highest BCUT2D eigenvalue weighted by Crippen LogP contribution is 2.26. The summed E-state index contributed by atoms with van der Waals surface area (Å²) in [5, 5.41) is 34.0. The first kappa shape index (κ1) is 45.8. The fourth-order valence-electron chi connectivity index (χ4n) is 7.07. The number of nitrogens with one attached hydrogen (secondary N) is 1. The summed E-state index contributed by atoms with van der Waals surface area (Å²) >= 11 is 0. The van der Waals surface area contributed by atoms with E-state index in [0.717, 1.165) is 38.5 Å². The number of rotatable bonds is 33. The largest absolute Gasteiger partial charge is 0.394 e. The normalized spacial score (nSPS) is 20.8. The molecule has 49 heavy (non-hydrogen) atoms. The van der Waals surface area contributed by atoms with Crippen molar-refractivity contribution < 1.29 is 29.6 Å². The molecule has 0 saturated carbocycles. The van der Waals surface area contributed by atoms with Gasteiger partial charge >= 0.3 is 0 Å². The zero-order valence-corrected chi connectivity index (χ0v) is 31.9. The maximum Gasteiger partial charge on any atom is 0.234 e. The van der Waals surface area contributed by atoms with Crippen LogP contribution < -0.4 is 11.1 Å². The zero-order chi connectivity index (χ0) is 36.0. The molecule has 0 spiro atoms. The van der Waals surface area contributed by atoms with Gasteiger partial charge in [-0.2, -0.15) is 0 Å². The summed E-state index contributed by atoms with van der Waals surface area (Å²) in [5.41, 5.74) is 5.54. The van der Waals surface area contributed by atoms with Crippen molar-refractivity contribution in [2.75, 3.05) is 19.7 Å². The Morgan fingerprint density at radius 3 is 1.39 bits per heavy atom. The van der Waals surface area contributed by atoms with Crippen molar-refractivity contribution in [3.63, 3.8) is 0 Å². The molecule has 0 aromatic heterocycles. The Morgan fingerprint density at radius 2 is 1.00 bits per heavy atom. The van der Waals surface area contributed by atoms with Crippen LogP contribution in [-0.2, 0) is 14.3 Å². The van der Waals surface area contributed by atoms with Crippen LogP contribution in [0.4, 0.5) is 0 Å². The molecular formula is C40H79N3O6. The van der Waals surface area contributed by atoms with Gasteiger partial charge in [0.15, 0.2) is 6.23 Å². The van der Waals surface area contributed by atoms with Gasteiger partial charge in [0, 0.05) is 13.0 Å². The van der Waals surface area contributed by atoms with Crippen LogP contribution in [0.2, 0.25) is 0 Å². The van der Waals surface area contributed by atoms with Crippen molar-refractivity contribution in [1.29, 1.82) is 0 Å². The first-order valence-electron chi connectivity index (χ1n) is 20.8. The summed E-state index contributed by atoms with van der Waals surface area (Å²) in [4.78, 5) is 27.6. The topological polar surface area (TPSA) is 145 Å². The molecule has 9 nitrogen and oxygen atoms in total. The van der Waals surface area contributed by atoms with Gasteiger partial charge in [-0.15, -0.1) is 0 Å². The summed E-state index contributed by atoms with van der Waals surface area (Å²) in [7, 11) is 0. The van der Waals surface area contributed by atoms with Gasteiger partial charge in [0.2, 0.25) is 11.8 Å². The number of carbonyl (C=O) groups excluding carboxylic acids is 2. The molecule has 1 heterocycles. The number of ether oxygens (including phenoxy) is 1. The first-order valence-corrected chi connectivity index (χ1v) is 20.8. The van der Waals surface area contributed by atoms with Gasteiger partial charge in [0.25, 0.3) is 0 Å². The van der Waals surface area contributed by atoms with E-state index in [9.17, 15) is 24.9 Å². The molecule has 0 unspecified atom stereocenters. The van der Waals surface area contributed by atoms with E-state index in [1.165, 1.54) is 135 Å². The Kier molecular flexibility index (Phi) is 29.4. The van der Waals surface area contributed by atoms with E-state index in [2.05, 4.69) is 19.2 Å². The van der Waals surface area contributed by atoms with E-state index in [1.54, 1.807) is 4.90 Å². The van der Waals surface area contributed by atoms with Gasteiger partial charge in [0.1, 0.15) is 24.4 Å². The van der Waals surface area contributed by atoms with Crippen LogP contribution >= 0.6 is 0 Å². The highest BCUT2D eigenvalue weighted by atomic mass is 16.5. The molecule has 0 radical (unpaired) electrons. The second-order valence-corrected chi connectivity index (χ2v) is 14.7. The number of carbonyl (C=O) groups is 2. The van der Waals surface area contributed by atoms with Crippen LogP contribution in [0.15, 0.2) is 0 Å². The van der Waals surface area contributed by atoms with Gasteiger partial charge in [-0.25, -0.2) is 0 Å². The van der Waals surface area contributed by atoms with Gasteiger partial charge in [0.05, 0.1) is 13.2 Å². The van der Waals surface area contributed by atoms with E-state index >= 15 is 0 Å². The number of aliphatic hydroxyl groups excluding tert-OH is 3. The van der Waals surface area contributed by atoms with Crippen LogP contribution in [0.1, 0.15) is 194 Å². The Balaban J connectivity index is 2.54. The second-order valence-electron chi connectivity index (χ2n) is 14.7. The van der Waals surface area contributed by atoms with E-state index in [-0.39, 0.29) is 12.5 Å². The lowest BCUT2D eigenvalue weighted by atomic mass is 9.94. The number of nitrogens with zero attached hydrogens (tertiary/aromatic N) is 1. The van der Waals surface area contributed by atoms with Crippen LogP contribution in [0.5, 0.6) is 0 Å². The Labute approximate surface area is 300 Å². The third-order valence-electron chi connectivity index (χ3n) is 10.3. The summed E-state index contributed by atoms with van der Waals surface area (Å²) in [5.74, 6) is -0.595. The number of hydrogen-bond acceptors (Lipinski definition) is 7. The number of nitrogens with two attached hydrogens (primary N) is 1. The lowest BCUT2D eigenvalue weighted by molar-refractivity contribution is -0.231. The average molecular weight is 698 g/mol. The second kappa shape index (κ2) is 31.5. The van der Waals surface area contributed by atoms with E-state index in [1.807, 2.05) is 0 Å². The van der Waals surface area contributed by atoms with Crippen LogP contribution in [0, 0.1) is 0 Å². The van der Waals surface area contributed by atoms with Gasteiger partial charge in [-0.3, -0.25) is 9.59 Å². The minimum absolute atomic E-state index is 0.0879. The molecule has 0 aromatic carbocycles. The van der Waals surface area contributed by atoms with Crippen LogP contribution in [0.3, 0.4) is 0 Å². The minimum atomic E-state index is -1.41. The third kappa shape index (κ3) is 21.6. The number of unbranched alkanes of at least 4 members (excludes halogenated alkanes) is 25. The van der Waals surface area contributed by atoms with E-state index in [0.29, 0.717) is 13.0 Å². The maximum absolute atomic E-state index is 13.7. The highest BCUT2D eigenvalue weighted by Gasteiger charge is 2.48. The molecule has 1 aliphatic rings. The molecule has 0 aliphatic carbocycles. The first-order chi connectivity index (χ1) is 23.9. The lowest BCUT2D eigenvalue weighted by Gasteiger charge is -2.46. The smallest absolute Gasteiger partial charge is 0.234 e. The minimum Gasteiger partial charge on any atom is -0.394 e. The van der Waals surface area contributed by atoms with Crippen molar-refractivity contribution in [3.05, 3.63) is 0 Å². The molecule has 5 atom stereocenters.